The molecule has 0 aliphatic rings. The predicted octanol–water partition coefficient (Wildman–Crippen LogP) is 2.70. The van der Waals surface area contributed by atoms with Gasteiger partial charge in [-0.15, -0.1) is 0 Å². The molecule has 0 amide bonds. The summed E-state index contributed by atoms with van der Waals surface area (Å²) in [7, 11) is 0. The first-order chi connectivity index (χ1) is 7.54. The normalized spacial score (nSPS) is 7.89. The van der Waals surface area contributed by atoms with Gasteiger partial charge in [-0.1, -0.05) is 25.5 Å². The first-order valence-electron chi connectivity index (χ1n) is 4.89. The number of carbonyl (C=O) groups is 2. The summed E-state index contributed by atoms with van der Waals surface area (Å²) in [5.41, 5.74) is -0.380. The zero-order valence-corrected chi connectivity index (χ0v) is 11.6. The topological polar surface area (TPSA) is 74.6 Å². The van der Waals surface area contributed by atoms with Crippen LogP contribution < -0.4 is 0 Å². The molecule has 4 nitrogen and oxygen atoms in total. The standard InChI is InChI=1S/C8H6O4.C4H9.2Cu/c9-7(10)5-3-1-2-4-6(5)8(11)12;1-3-4-2;;/h1-4H,(H,9,10)(H,11,12);1,3-4H2,2H3;;/q;-1;;+1. The van der Waals surface area contributed by atoms with Gasteiger partial charge in [-0.05, 0) is 12.1 Å². The van der Waals surface area contributed by atoms with Gasteiger partial charge >= 0.3 is 29.0 Å². The summed E-state index contributed by atoms with van der Waals surface area (Å²) >= 11 is 0. The van der Waals surface area contributed by atoms with E-state index < -0.39 is 11.9 Å². The maximum absolute atomic E-state index is 10.5. The van der Waals surface area contributed by atoms with Crippen LogP contribution in [0.25, 0.3) is 0 Å². The third-order valence-corrected chi connectivity index (χ3v) is 1.74. The molecule has 1 radical (unpaired) electrons. The third kappa shape index (κ3) is 8.31. The second kappa shape index (κ2) is 12.7. The van der Waals surface area contributed by atoms with Crippen molar-refractivity contribution in [1.82, 2.24) is 0 Å². The Labute approximate surface area is 128 Å². The Morgan fingerprint density at radius 1 is 1.11 bits per heavy atom. The van der Waals surface area contributed by atoms with Gasteiger partial charge in [-0.25, -0.2) is 9.59 Å². The summed E-state index contributed by atoms with van der Waals surface area (Å²) in [5.74, 6) is -2.46. The second-order valence-corrected chi connectivity index (χ2v) is 3.01. The van der Waals surface area contributed by atoms with E-state index in [1.807, 2.05) is 0 Å². The van der Waals surface area contributed by atoms with Gasteiger partial charge in [-0.2, -0.15) is 6.42 Å². The Hall–Kier alpha value is -0.801. The molecule has 0 fully saturated rings. The Morgan fingerprint density at radius 3 is 1.56 bits per heavy atom. The minimum absolute atomic E-state index is 0. The van der Waals surface area contributed by atoms with Gasteiger partial charge in [0, 0.05) is 17.1 Å². The molecule has 6 heteroatoms. The quantitative estimate of drug-likeness (QED) is 0.649. The van der Waals surface area contributed by atoms with E-state index in [4.69, 9.17) is 10.2 Å². The summed E-state index contributed by atoms with van der Waals surface area (Å²) in [6.07, 6.45) is 2.28. The van der Waals surface area contributed by atoms with Crippen LogP contribution in [0.3, 0.4) is 0 Å². The van der Waals surface area contributed by atoms with Crippen LogP contribution in [0.4, 0.5) is 0 Å². The van der Waals surface area contributed by atoms with E-state index in [1.54, 1.807) is 0 Å². The van der Waals surface area contributed by atoms with E-state index in [0.717, 1.165) is 6.42 Å². The van der Waals surface area contributed by atoms with Crippen LogP contribution in [-0.4, -0.2) is 22.2 Å². The molecular weight excluding hydrogens is 335 g/mol. The first kappa shape index (κ1) is 22.4. The van der Waals surface area contributed by atoms with Crippen LogP contribution in [-0.2, 0) is 34.1 Å². The zero-order chi connectivity index (χ0) is 12.6. The minimum atomic E-state index is -1.23. The summed E-state index contributed by atoms with van der Waals surface area (Å²) in [6, 6.07) is 5.48. The Balaban J connectivity index is -0.000000332. The van der Waals surface area contributed by atoms with Crippen LogP contribution in [0, 0.1) is 6.92 Å². The number of rotatable bonds is 3. The van der Waals surface area contributed by atoms with Crippen LogP contribution in [0.1, 0.15) is 40.5 Å². The summed E-state index contributed by atoms with van der Waals surface area (Å²) in [5, 5.41) is 17.1. The SMILES string of the molecule is O=C(O)c1ccccc1C(=O)O.[CH2-]CCC.[Cu+].[Cu]. The second-order valence-electron chi connectivity index (χ2n) is 3.01. The molecule has 2 N–H and O–H groups in total. The number of hydrogen-bond acceptors (Lipinski definition) is 2. The molecule has 18 heavy (non-hydrogen) atoms. The molecule has 0 heterocycles. The third-order valence-electron chi connectivity index (χ3n) is 1.74. The summed E-state index contributed by atoms with van der Waals surface area (Å²) in [6.45, 7) is 5.72. The van der Waals surface area contributed by atoms with Crippen molar-refractivity contribution in [3.05, 3.63) is 42.3 Å². The number of hydrogen-bond donors (Lipinski definition) is 2. The van der Waals surface area contributed by atoms with Crippen LogP contribution in [0.2, 0.25) is 0 Å². The van der Waals surface area contributed by atoms with Gasteiger partial charge in [0.05, 0.1) is 11.1 Å². The zero-order valence-electron chi connectivity index (χ0n) is 9.74. The van der Waals surface area contributed by atoms with Gasteiger partial charge < -0.3 is 17.1 Å². The van der Waals surface area contributed by atoms with Gasteiger partial charge in [0.2, 0.25) is 0 Å². The monoisotopic (exact) mass is 349 g/mol. The molecular formula is C12H15Cu2O4. The van der Waals surface area contributed by atoms with Crippen molar-refractivity contribution in [3.8, 4) is 0 Å². The molecule has 1 aromatic rings. The molecule has 0 atom stereocenters. The fourth-order valence-corrected chi connectivity index (χ4v) is 0.856. The maximum Gasteiger partial charge on any atom is 1.00 e. The number of carboxylic acid groups (broad SMARTS) is 2. The van der Waals surface area contributed by atoms with Gasteiger partial charge in [-0.3, -0.25) is 0 Å². The molecule has 0 aliphatic carbocycles. The van der Waals surface area contributed by atoms with Crippen LogP contribution in [0.15, 0.2) is 24.3 Å². The van der Waals surface area contributed by atoms with E-state index in [1.165, 1.54) is 30.7 Å². The van der Waals surface area contributed by atoms with Crippen LogP contribution in [0.5, 0.6) is 0 Å². The molecule has 0 spiro atoms. The van der Waals surface area contributed by atoms with Crippen molar-refractivity contribution in [2.45, 2.75) is 19.8 Å². The first-order valence-corrected chi connectivity index (χ1v) is 4.89. The predicted molar refractivity (Wildman–Crippen MR) is 60.6 cm³/mol. The van der Waals surface area contributed by atoms with Crippen molar-refractivity contribution in [1.29, 1.82) is 0 Å². The smallest absolute Gasteiger partial charge is 0.478 e. The fourth-order valence-electron chi connectivity index (χ4n) is 0.856. The van der Waals surface area contributed by atoms with E-state index >= 15 is 0 Å². The molecule has 0 bridgehead atoms. The number of benzene rings is 1. The fraction of sp³-hybridized carbons (Fsp3) is 0.250. The van der Waals surface area contributed by atoms with Gasteiger partial charge in [0.25, 0.3) is 0 Å². The van der Waals surface area contributed by atoms with Gasteiger partial charge in [0.1, 0.15) is 0 Å². The van der Waals surface area contributed by atoms with E-state index in [9.17, 15) is 9.59 Å². The maximum atomic E-state index is 10.5. The average molecular weight is 350 g/mol. The molecule has 0 saturated heterocycles. The Kier molecular flexibility index (Phi) is 15.7. The molecule has 1 rings (SSSR count). The average Bonchev–Trinajstić information content (AvgIpc) is 2.29. The molecule has 0 unspecified atom stereocenters. The molecule has 109 valence electrons. The number of aromatic carboxylic acids is 2. The molecule has 1 aromatic carbocycles. The van der Waals surface area contributed by atoms with E-state index in [2.05, 4.69) is 13.8 Å². The van der Waals surface area contributed by atoms with E-state index in [0.29, 0.717) is 0 Å². The number of unbranched alkanes of at least 4 members (excludes halogenated alkanes) is 1. The molecule has 0 aromatic heterocycles. The van der Waals surface area contributed by atoms with Crippen molar-refractivity contribution >= 4 is 11.9 Å². The van der Waals surface area contributed by atoms with Crippen molar-refractivity contribution in [2.75, 3.05) is 0 Å². The van der Waals surface area contributed by atoms with Crippen LogP contribution >= 0.6 is 0 Å². The number of carboxylic acids is 2. The molecule has 0 saturated carbocycles. The van der Waals surface area contributed by atoms with Gasteiger partial charge in [0.15, 0.2) is 0 Å². The Morgan fingerprint density at radius 2 is 1.39 bits per heavy atom. The van der Waals surface area contributed by atoms with E-state index in [-0.39, 0.29) is 45.3 Å². The minimum Gasteiger partial charge on any atom is -0.478 e. The van der Waals surface area contributed by atoms with Crippen molar-refractivity contribution in [2.24, 2.45) is 0 Å². The summed E-state index contributed by atoms with van der Waals surface area (Å²) < 4.78 is 0. The Bertz CT molecular complexity index is 332. The van der Waals surface area contributed by atoms with Crippen molar-refractivity contribution < 1.29 is 53.9 Å². The largest absolute Gasteiger partial charge is 1.00 e. The van der Waals surface area contributed by atoms with Crippen molar-refractivity contribution in [3.63, 3.8) is 0 Å². The molecule has 0 aliphatic heterocycles. The summed E-state index contributed by atoms with van der Waals surface area (Å²) in [4.78, 5) is 20.9.